The molecule has 1 saturated heterocycles. The molecule has 0 amide bonds. The Hall–Kier alpha value is -2.49. The van der Waals surface area contributed by atoms with E-state index in [0.717, 1.165) is 30.0 Å². The van der Waals surface area contributed by atoms with Crippen LogP contribution in [0.3, 0.4) is 0 Å². The number of sulfonamides is 1. The number of non-ortho nitro benzene ring substituents is 1. The van der Waals surface area contributed by atoms with Crippen LogP contribution in [0.5, 0.6) is 0 Å². The topological polar surface area (TPSA) is 102 Å². The average Bonchev–Trinajstić information content (AvgIpc) is 3.58. The minimum atomic E-state index is -3.90. The maximum atomic E-state index is 13.3. The van der Waals surface area contributed by atoms with Gasteiger partial charge in [0.15, 0.2) is 0 Å². The van der Waals surface area contributed by atoms with Crippen molar-refractivity contribution in [2.24, 2.45) is 5.92 Å². The van der Waals surface area contributed by atoms with Gasteiger partial charge in [0, 0.05) is 25.2 Å². The molecule has 0 aromatic heterocycles. The van der Waals surface area contributed by atoms with Crippen molar-refractivity contribution in [3.63, 3.8) is 0 Å². The number of nitrogens with one attached hydrogen (secondary N) is 1. The number of nitro groups is 1. The van der Waals surface area contributed by atoms with Crippen molar-refractivity contribution >= 4 is 21.4 Å². The van der Waals surface area contributed by atoms with Crippen LogP contribution in [0.1, 0.15) is 30.0 Å². The Morgan fingerprint density at radius 1 is 1.13 bits per heavy atom. The standard InChI is InChI=1S/C21H25N3O5S/c1-15-2-4-16(5-3-15)21(17-6-7-17)22-19-9-8-18(24(25)26)14-20(19)30(27,28)23-10-12-29-13-11-23/h2-5,8-9,14,17,21-22H,6-7,10-13H2,1H3. The molecular formula is C21H25N3O5S. The van der Waals surface area contributed by atoms with E-state index in [2.05, 4.69) is 5.32 Å². The summed E-state index contributed by atoms with van der Waals surface area (Å²) in [6, 6.07) is 12.1. The summed E-state index contributed by atoms with van der Waals surface area (Å²) in [5.41, 5.74) is 2.38. The van der Waals surface area contributed by atoms with Crippen molar-refractivity contribution in [1.82, 2.24) is 4.31 Å². The van der Waals surface area contributed by atoms with Crippen LogP contribution in [0.25, 0.3) is 0 Å². The third-order valence-corrected chi connectivity index (χ3v) is 7.54. The fourth-order valence-corrected chi connectivity index (χ4v) is 5.31. The maximum absolute atomic E-state index is 13.3. The minimum Gasteiger partial charge on any atom is -0.379 e. The molecule has 1 heterocycles. The summed E-state index contributed by atoms with van der Waals surface area (Å²) in [6.07, 6.45) is 2.12. The number of hydrogen-bond donors (Lipinski definition) is 1. The number of ether oxygens (including phenoxy) is 1. The quantitative estimate of drug-likeness (QED) is 0.532. The molecule has 2 aliphatic rings. The lowest BCUT2D eigenvalue weighted by atomic mass is 10.0. The van der Waals surface area contributed by atoms with Gasteiger partial charge >= 0.3 is 0 Å². The molecule has 160 valence electrons. The van der Waals surface area contributed by atoms with Crippen molar-refractivity contribution in [3.05, 3.63) is 63.7 Å². The highest BCUT2D eigenvalue weighted by atomic mass is 32.2. The Morgan fingerprint density at radius 3 is 2.40 bits per heavy atom. The summed E-state index contributed by atoms with van der Waals surface area (Å²) >= 11 is 0. The van der Waals surface area contributed by atoms with Crippen LogP contribution in [0, 0.1) is 23.0 Å². The monoisotopic (exact) mass is 431 g/mol. The van der Waals surface area contributed by atoms with Crippen molar-refractivity contribution in [3.8, 4) is 0 Å². The maximum Gasteiger partial charge on any atom is 0.270 e. The van der Waals surface area contributed by atoms with Gasteiger partial charge in [-0.1, -0.05) is 29.8 Å². The first-order chi connectivity index (χ1) is 14.4. The summed E-state index contributed by atoms with van der Waals surface area (Å²) in [5.74, 6) is 0.404. The third-order valence-electron chi connectivity index (χ3n) is 5.60. The van der Waals surface area contributed by atoms with Crippen LogP contribution in [0.4, 0.5) is 11.4 Å². The second-order valence-electron chi connectivity index (χ2n) is 7.82. The second kappa shape index (κ2) is 8.33. The van der Waals surface area contributed by atoms with Gasteiger partial charge in [0.1, 0.15) is 4.90 Å². The van der Waals surface area contributed by atoms with Crippen molar-refractivity contribution in [2.45, 2.75) is 30.7 Å². The van der Waals surface area contributed by atoms with Crippen molar-refractivity contribution in [2.75, 3.05) is 31.6 Å². The molecule has 0 bridgehead atoms. The second-order valence-corrected chi connectivity index (χ2v) is 9.73. The number of benzene rings is 2. The Labute approximate surface area is 176 Å². The van der Waals surface area contributed by atoms with Crippen LogP contribution in [0.15, 0.2) is 47.4 Å². The van der Waals surface area contributed by atoms with Gasteiger partial charge in [-0.2, -0.15) is 4.31 Å². The van der Waals surface area contributed by atoms with Crippen LogP contribution >= 0.6 is 0 Å². The fraction of sp³-hybridized carbons (Fsp3) is 0.429. The first-order valence-electron chi connectivity index (χ1n) is 10.1. The molecule has 0 spiro atoms. The number of nitro benzene ring substituents is 1. The van der Waals surface area contributed by atoms with Gasteiger partial charge < -0.3 is 10.1 Å². The van der Waals surface area contributed by atoms with Gasteiger partial charge in [-0.3, -0.25) is 10.1 Å². The number of hydrogen-bond acceptors (Lipinski definition) is 6. The van der Waals surface area contributed by atoms with E-state index >= 15 is 0 Å². The van der Waals surface area contributed by atoms with E-state index in [0.29, 0.717) is 24.8 Å². The predicted molar refractivity (Wildman–Crippen MR) is 113 cm³/mol. The van der Waals surface area contributed by atoms with Crippen LogP contribution in [-0.2, 0) is 14.8 Å². The molecule has 1 unspecified atom stereocenters. The van der Waals surface area contributed by atoms with Gasteiger partial charge in [-0.15, -0.1) is 0 Å². The minimum absolute atomic E-state index is 0.0503. The first-order valence-corrected chi connectivity index (χ1v) is 11.5. The highest BCUT2D eigenvalue weighted by Gasteiger charge is 2.35. The summed E-state index contributed by atoms with van der Waals surface area (Å²) in [4.78, 5) is 10.7. The fourth-order valence-electron chi connectivity index (χ4n) is 3.73. The third kappa shape index (κ3) is 4.33. The Balaban J connectivity index is 1.73. The summed E-state index contributed by atoms with van der Waals surface area (Å²) in [5, 5.41) is 14.7. The van der Waals surface area contributed by atoms with Gasteiger partial charge in [0.05, 0.1) is 29.9 Å². The molecule has 9 heteroatoms. The number of rotatable bonds is 7. The van der Waals surface area contributed by atoms with Crippen molar-refractivity contribution < 1.29 is 18.1 Å². The van der Waals surface area contributed by atoms with Crippen LogP contribution < -0.4 is 5.32 Å². The lowest BCUT2D eigenvalue weighted by molar-refractivity contribution is -0.385. The molecule has 1 N–H and O–H groups in total. The summed E-state index contributed by atoms with van der Waals surface area (Å²) in [7, 11) is -3.90. The molecule has 30 heavy (non-hydrogen) atoms. The number of aryl methyl sites for hydroxylation is 1. The van der Waals surface area contributed by atoms with E-state index < -0.39 is 14.9 Å². The molecule has 2 aromatic rings. The van der Waals surface area contributed by atoms with E-state index in [1.165, 1.54) is 16.4 Å². The van der Waals surface area contributed by atoms with E-state index in [9.17, 15) is 18.5 Å². The van der Waals surface area contributed by atoms with E-state index in [-0.39, 0.29) is 29.7 Å². The number of nitrogens with zero attached hydrogens (tertiary/aromatic N) is 2. The lowest BCUT2D eigenvalue weighted by Gasteiger charge is -2.28. The summed E-state index contributed by atoms with van der Waals surface area (Å²) in [6.45, 7) is 3.10. The smallest absolute Gasteiger partial charge is 0.270 e. The van der Waals surface area contributed by atoms with E-state index in [1.807, 2.05) is 31.2 Å². The molecule has 2 aromatic carbocycles. The first kappa shape index (κ1) is 20.8. The van der Waals surface area contributed by atoms with Gasteiger partial charge in [-0.05, 0) is 37.3 Å². The van der Waals surface area contributed by atoms with Gasteiger partial charge in [0.25, 0.3) is 5.69 Å². The zero-order valence-corrected chi connectivity index (χ0v) is 17.6. The van der Waals surface area contributed by atoms with E-state index in [1.54, 1.807) is 0 Å². The molecule has 1 atom stereocenters. The van der Waals surface area contributed by atoms with Crippen LogP contribution in [-0.4, -0.2) is 43.9 Å². The largest absolute Gasteiger partial charge is 0.379 e. The predicted octanol–water partition coefficient (Wildman–Crippen LogP) is 3.49. The Morgan fingerprint density at radius 2 is 1.80 bits per heavy atom. The zero-order valence-electron chi connectivity index (χ0n) is 16.8. The highest BCUT2D eigenvalue weighted by Crippen LogP contribution is 2.44. The molecule has 1 saturated carbocycles. The molecule has 0 radical (unpaired) electrons. The van der Waals surface area contributed by atoms with Crippen LogP contribution in [0.2, 0.25) is 0 Å². The van der Waals surface area contributed by atoms with Gasteiger partial charge in [0.2, 0.25) is 10.0 Å². The molecule has 1 aliphatic heterocycles. The zero-order chi connectivity index (χ0) is 21.3. The number of morpholine rings is 1. The molecule has 8 nitrogen and oxygen atoms in total. The average molecular weight is 432 g/mol. The molecule has 1 aliphatic carbocycles. The molecule has 2 fully saturated rings. The molecule has 4 rings (SSSR count). The Kier molecular flexibility index (Phi) is 5.77. The number of anilines is 1. The van der Waals surface area contributed by atoms with Crippen molar-refractivity contribution in [1.29, 1.82) is 0 Å². The Bertz CT molecular complexity index is 1030. The highest BCUT2D eigenvalue weighted by molar-refractivity contribution is 7.89. The summed E-state index contributed by atoms with van der Waals surface area (Å²) < 4.78 is 33.3. The lowest BCUT2D eigenvalue weighted by Crippen LogP contribution is -2.40. The van der Waals surface area contributed by atoms with Gasteiger partial charge in [-0.25, -0.2) is 8.42 Å². The SMILES string of the molecule is Cc1ccc(C(Nc2ccc([N+](=O)[O-])cc2S(=O)(=O)N2CCOCC2)C2CC2)cc1. The molecular weight excluding hydrogens is 406 g/mol. The normalized spacial score (nSPS) is 18.7. The van der Waals surface area contributed by atoms with E-state index in [4.69, 9.17) is 4.74 Å².